The van der Waals surface area contributed by atoms with Crippen molar-refractivity contribution in [1.82, 2.24) is 20.5 Å². The molecule has 27 heavy (non-hydrogen) atoms. The van der Waals surface area contributed by atoms with Crippen LogP contribution in [0, 0.1) is 5.92 Å². The number of likely N-dealkylation sites (tertiary alicyclic amines) is 1. The first-order valence-electron chi connectivity index (χ1n) is 10.0. The van der Waals surface area contributed by atoms with Gasteiger partial charge in [0.1, 0.15) is 0 Å². The fourth-order valence-corrected chi connectivity index (χ4v) is 4.73. The van der Waals surface area contributed by atoms with Gasteiger partial charge in [-0.05, 0) is 31.6 Å². The summed E-state index contributed by atoms with van der Waals surface area (Å²) in [4.78, 5) is 25.5. The molecule has 0 spiro atoms. The average Bonchev–Trinajstić information content (AvgIpc) is 3.37. The van der Waals surface area contributed by atoms with E-state index in [0.717, 1.165) is 63.6 Å². The molecule has 7 nitrogen and oxygen atoms in total. The van der Waals surface area contributed by atoms with Gasteiger partial charge >= 0.3 is 0 Å². The SMILES string of the molecule is CN=C(NCCc1csc(N2CCCC2)n1)N1CCC(CC(=O)NC)CC1. The van der Waals surface area contributed by atoms with Gasteiger partial charge in [0.05, 0.1) is 5.69 Å². The highest BCUT2D eigenvalue weighted by Crippen LogP contribution is 2.24. The van der Waals surface area contributed by atoms with Crippen molar-refractivity contribution < 1.29 is 4.79 Å². The van der Waals surface area contributed by atoms with E-state index in [0.29, 0.717) is 12.3 Å². The van der Waals surface area contributed by atoms with Gasteiger partial charge in [-0.15, -0.1) is 11.3 Å². The van der Waals surface area contributed by atoms with Crippen LogP contribution >= 0.6 is 11.3 Å². The Labute approximate surface area is 166 Å². The van der Waals surface area contributed by atoms with Gasteiger partial charge in [-0.1, -0.05) is 0 Å². The molecule has 2 N–H and O–H groups in total. The van der Waals surface area contributed by atoms with E-state index in [9.17, 15) is 4.79 Å². The molecule has 0 atom stereocenters. The van der Waals surface area contributed by atoms with Crippen molar-refractivity contribution in [2.24, 2.45) is 10.9 Å². The van der Waals surface area contributed by atoms with E-state index in [1.807, 2.05) is 7.05 Å². The number of anilines is 1. The topological polar surface area (TPSA) is 72.9 Å². The Hall–Kier alpha value is -1.83. The Morgan fingerprint density at radius 2 is 2.04 bits per heavy atom. The summed E-state index contributed by atoms with van der Waals surface area (Å²) < 4.78 is 0. The summed E-state index contributed by atoms with van der Waals surface area (Å²) in [6.07, 6.45) is 6.20. The van der Waals surface area contributed by atoms with Crippen LogP contribution in [0.15, 0.2) is 10.4 Å². The quantitative estimate of drug-likeness (QED) is 0.570. The van der Waals surface area contributed by atoms with Crippen molar-refractivity contribution in [1.29, 1.82) is 0 Å². The molecule has 3 rings (SSSR count). The molecule has 0 aliphatic carbocycles. The van der Waals surface area contributed by atoms with Crippen LogP contribution in [0.25, 0.3) is 0 Å². The number of nitrogens with one attached hydrogen (secondary N) is 2. The van der Waals surface area contributed by atoms with Crippen LogP contribution in [0.2, 0.25) is 0 Å². The van der Waals surface area contributed by atoms with Crippen molar-refractivity contribution in [3.05, 3.63) is 11.1 Å². The molecular weight excluding hydrogens is 360 g/mol. The van der Waals surface area contributed by atoms with E-state index in [-0.39, 0.29) is 5.91 Å². The Morgan fingerprint density at radius 3 is 2.70 bits per heavy atom. The summed E-state index contributed by atoms with van der Waals surface area (Å²) in [5.74, 6) is 1.59. The third-order valence-corrected chi connectivity index (χ3v) is 6.41. The zero-order valence-electron chi connectivity index (χ0n) is 16.5. The summed E-state index contributed by atoms with van der Waals surface area (Å²) in [7, 11) is 3.55. The van der Waals surface area contributed by atoms with E-state index in [2.05, 4.69) is 30.8 Å². The number of rotatable bonds is 6. The van der Waals surface area contributed by atoms with Gasteiger partial charge in [0, 0.05) is 65.0 Å². The van der Waals surface area contributed by atoms with E-state index >= 15 is 0 Å². The largest absolute Gasteiger partial charge is 0.359 e. The van der Waals surface area contributed by atoms with E-state index < -0.39 is 0 Å². The molecular formula is C19H32N6OS. The van der Waals surface area contributed by atoms with Crippen molar-refractivity contribution in [3.63, 3.8) is 0 Å². The maximum atomic E-state index is 11.5. The lowest BCUT2D eigenvalue weighted by molar-refractivity contribution is -0.121. The number of thiazole rings is 1. The molecule has 3 heterocycles. The predicted octanol–water partition coefficient (Wildman–Crippen LogP) is 1.71. The van der Waals surface area contributed by atoms with Gasteiger partial charge < -0.3 is 20.4 Å². The maximum absolute atomic E-state index is 11.5. The summed E-state index contributed by atoms with van der Waals surface area (Å²) >= 11 is 1.76. The number of nitrogens with zero attached hydrogens (tertiary/aromatic N) is 4. The number of aliphatic imine (C=N–C) groups is 1. The molecule has 1 aromatic heterocycles. The second kappa shape index (κ2) is 9.92. The molecule has 2 fully saturated rings. The van der Waals surface area contributed by atoms with Gasteiger partial charge in [-0.25, -0.2) is 4.98 Å². The van der Waals surface area contributed by atoms with Crippen LogP contribution in [0.1, 0.15) is 37.8 Å². The van der Waals surface area contributed by atoms with E-state index in [4.69, 9.17) is 4.98 Å². The fraction of sp³-hybridized carbons (Fsp3) is 0.737. The molecule has 150 valence electrons. The minimum Gasteiger partial charge on any atom is -0.359 e. The Morgan fingerprint density at radius 1 is 1.30 bits per heavy atom. The first kappa shape index (κ1) is 19.9. The first-order valence-corrected chi connectivity index (χ1v) is 10.9. The average molecular weight is 393 g/mol. The van der Waals surface area contributed by atoms with Crippen LogP contribution in [0.4, 0.5) is 5.13 Å². The van der Waals surface area contributed by atoms with Crippen LogP contribution in [0.5, 0.6) is 0 Å². The highest BCUT2D eigenvalue weighted by Gasteiger charge is 2.23. The van der Waals surface area contributed by atoms with Crippen LogP contribution < -0.4 is 15.5 Å². The molecule has 2 saturated heterocycles. The first-order chi connectivity index (χ1) is 13.2. The maximum Gasteiger partial charge on any atom is 0.220 e. The molecule has 2 aliphatic rings. The highest BCUT2D eigenvalue weighted by atomic mass is 32.1. The highest BCUT2D eigenvalue weighted by molar-refractivity contribution is 7.13. The van der Waals surface area contributed by atoms with Gasteiger partial charge in [0.2, 0.25) is 5.91 Å². The summed E-state index contributed by atoms with van der Waals surface area (Å²) in [5, 5.41) is 9.56. The second-order valence-electron chi connectivity index (χ2n) is 7.35. The predicted molar refractivity (Wildman–Crippen MR) is 112 cm³/mol. The fourth-order valence-electron chi connectivity index (χ4n) is 3.81. The van der Waals surface area contributed by atoms with Crippen molar-refractivity contribution in [2.75, 3.05) is 51.7 Å². The van der Waals surface area contributed by atoms with E-state index in [1.165, 1.54) is 18.0 Å². The monoisotopic (exact) mass is 392 g/mol. The molecule has 8 heteroatoms. The van der Waals surface area contributed by atoms with Gasteiger partial charge in [0.25, 0.3) is 0 Å². The lowest BCUT2D eigenvalue weighted by Crippen LogP contribution is -2.46. The number of piperidine rings is 1. The minimum atomic E-state index is 0.146. The summed E-state index contributed by atoms with van der Waals surface area (Å²) in [6, 6.07) is 0. The Balaban J connectivity index is 1.40. The number of hydrogen-bond acceptors (Lipinski definition) is 5. The van der Waals surface area contributed by atoms with E-state index in [1.54, 1.807) is 18.4 Å². The second-order valence-corrected chi connectivity index (χ2v) is 8.18. The third kappa shape index (κ3) is 5.57. The number of hydrogen-bond donors (Lipinski definition) is 2. The van der Waals surface area contributed by atoms with Crippen molar-refractivity contribution in [2.45, 2.75) is 38.5 Å². The zero-order chi connectivity index (χ0) is 19.1. The van der Waals surface area contributed by atoms with Crippen LogP contribution in [0.3, 0.4) is 0 Å². The van der Waals surface area contributed by atoms with Gasteiger partial charge in [0.15, 0.2) is 11.1 Å². The standard InChI is InChI=1S/C19H32N6OS/c1-20-17(26)13-15-6-11-24(12-7-15)18(21-2)22-8-5-16-14-27-19(23-16)25-9-3-4-10-25/h14-15H,3-13H2,1-2H3,(H,20,26)(H,21,22). The summed E-state index contributed by atoms with van der Waals surface area (Å²) in [5.41, 5.74) is 1.16. The zero-order valence-corrected chi connectivity index (χ0v) is 17.4. The smallest absolute Gasteiger partial charge is 0.220 e. The van der Waals surface area contributed by atoms with Crippen LogP contribution in [-0.4, -0.2) is 68.6 Å². The number of amides is 1. The lowest BCUT2D eigenvalue weighted by Gasteiger charge is -2.34. The van der Waals surface area contributed by atoms with Gasteiger partial charge in [-0.3, -0.25) is 9.79 Å². The Kier molecular flexibility index (Phi) is 7.32. The molecule has 0 aromatic carbocycles. The van der Waals surface area contributed by atoms with Crippen molar-refractivity contribution >= 4 is 28.3 Å². The molecule has 1 aromatic rings. The molecule has 0 unspecified atom stereocenters. The third-order valence-electron chi connectivity index (χ3n) is 5.46. The number of carbonyl (C=O) groups is 1. The number of aromatic nitrogens is 1. The molecule has 0 radical (unpaired) electrons. The molecule has 0 bridgehead atoms. The molecule has 2 aliphatic heterocycles. The number of carbonyl (C=O) groups excluding carboxylic acids is 1. The van der Waals surface area contributed by atoms with Gasteiger partial charge in [-0.2, -0.15) is 0 Å². The minimum absolute atomic E-state index is 0.146. The van der Waals surface area contributed by atoms with Crippen LogP contribution in [-0.2, 0) is 11.2 Å². The van der Waals surface area contributed by atoms with Crippen molar-refractivity contribution in [3.8, 4) is 0 Å². The normalized spacial score (nSPS) is 18.8. The Bertz CT molecular complexity index is 632. The summed E-state index contributed by atoms with van der Waals surface area (Å²) in [6.45, 7) is 5.05. The lowest BCUT2D eigenvalue weighted by atomic mass is 9.93. The number of guanidine groups is 1. The molecule has 1 amide bonds. The molecule has 0 saturated carbocycles.